The predicted octanol–water partition coefficient (Wildman–Crippen LogP) is 3.12. The van der Waals surface area contributed by atoms with Crippen molar-refractivity contribution in [1.29, 1.82) is 0 Å². The molecule has 0 aliphatic carbocycles. The van der Waals surface area contributed by atoms with Crippen molar-refractivity contribution in [2.24, 2.45) is 0 Å². The van der Waals surface area contributed by atoms with Gasteiger partial charge in [0.25, 0.3) is 0 Å². The first-order chi connectivity index (χ1) is 7.75. The molecule has 0 aliphatic heterocycles. The zero-order valence-electron chi connectivity index (χ0n) is 8.50. The quantitative estimate of drug-likeness (QED) is 0.911. The second-order valence-electron chi connectivity index (χ2n) is 3.45. The third-order valence-corrected chi connectivity index (χ3v) is 3.06. The van der Waals surface area contributed by atoms with E-state index in [1.807, 2.05) is 24.4 Å². The molecule has 1 aromatic carbocycles. The Hall–Kier alpha value is -0.840. The number of hydrogen-bond acceptors (Lipinski definition) is 2. The van der Waals surface area contributed by atoms with Gasteiger partial charge >= 0.3 is 0 Å². The molecule has 0 bridgehead atoms. The van der Waals surface area contributed by atoms with Gasteiger partial charge < -0.3 is 5.32 Å². The van der Waals surface area contributed by atoms with Crippen molar-refractivity contribution in [3.63, 3.8) is 0 Å². The van der Waals surface area contributed by atoms with Crippen LogP contribution in [-0.2, 0) is 13.1 Å². The summed E-state index contributed by atoms with van der Waals surface area (Å²) >= 11 is 9.48. The van der Waals surface area contributed by atoms with Gasteiger partial charge in [0.15, 0.2) is 0 Å². The maximum absolute atomic E-state index is 6.10. The van der Waals surface area contributed by atoms with Gasteiger partial charge in [-0.3, -0.25) is 5.10 Å². The van der Waals surface area contributed by atoms with E-state index < -0.39 is 0 Å². The van der Waals surface area contributed by atoms with Crippen molar-refractivity contribution in [3.8, 4) is 0 Å². The van der Waals surface area contributed by atoms with Gasteiger partial charge in [-0.15, -0.1) is 0 Å². The van der Waals surface area contributed by atoms with Gasteiger partial charge in [0.2, 0.25) is 0 Å². The molecule has 0 saturated heterocycles. The van der Waals surface area contributed by atoms with E-state index in [0.717, 1.165) is 33.7 Å². The van der Waals surface area contributed by atoms with Crippen LogP contribution in [0.1, 0.15) is 11.1 Å². The van der Waals surface area contributed by atoms with E-state index in [2.05, 4.69) is 31.4 Å². The first kappa shape index (κ1) is 11.6. The summed E-state index contributed by atoms with van der Waals surface area (Å²) in [6.45, 7) is 1.53. The fourth-order valence-corrected chi connectivity index (χ4v) is 2.12. The third kappa shape index (κ3) is 3.07. The molecular formula is C11H11BrClN3. The van der Waals surface area contributed by atoms with Crippen molar-refractivity contribution in [1.82, 2.24) is 15.5 Å². The molecule has 1 aromatic heterocycles. The van der Waals surface area contributed by atoms with Crippen LogP contribution in [0, 0.1) is 0 Å². The van der Waals surface area contributed by atoms with E-state index in [-0.39, 0.29) is 0 Å². The van der Waals surface area contributed by atoms with E-state index in [1.54, 1.807) is 6.20 Å². The number of nitrogens with zero attached hydrogens (tertiary/aromatic N) is 1. The molecule has 0 radical (unpaired) electrons. The zero-order valence-corrected chi connectivity index (χ0v) is 10.8. The Morgan fingerprint density at radius 1 is 1.38 bits per heavy atom. The minimum absolute atomic E-state index is 0.747. The molecule has 3 nitrogen and oxygen atoms in total. The number of rotatable bonds is 4. The van der Waals surface area contributed by atoms with Crippen LogP contribution < -0.4 is 5.32 Å². The van der Waals surface area contributed by atoms with Gasteiger partial charge in [-0.05, 0) is 17.7 Å². The van der Waals surface area contributed by atoms with E-state index in [0.29, 0.717) is 0 Å². The number of nitrogens with one attached hydrogen (secondary N) is 2. The number of hydrogen-bond donors (Lipinski definition) is 2. The molecule has 0 aliphatic rings. The Morgan fingerprint density at radius 2 is 2.25 bits per heavy atom. The van der Waals surface area contributed by atoms with E-state index in [1.165, 1.54) is 0 Å². The fraction of sp³-hybridized carbons (Fsp3) is 0.182. The normalized spacial score (nSPS) is 10.6. The van der Waals surface area contributed by atoms with Crippen molar-refractivity contribution in [2.45, 2.75) is 13.1 Å². The first-order valence-corrected chi connectivity index (χ1v) is 6.05. The third-order valence-electron chi connectivity index (χ3n) is 2.21. The van der Waals surface area contributed by atoms with Crippen LogP contribution in [0.15, 0.2) is 35.1 Å². The number of aromatic nitrogens is 2. The second-order valence-corrected chi connectivity index (χ2v) is 4.77. The lowest BCUT2D eigenvalue weighted by atomic mass is 10.2. The van der Waals surface area contributed by atoms with Gasteiger partial charge in [0, 0.05) is 34.3 Å². The van der Waals surface area contributed by atoms with Gasteiger partial charge in [-0.2, -0.15) is 5.10 Å². The molecule has 16 heavy (non-hydrogen) atoms. The highest BCUT2D eigenvalue weighted by molar-refractivity contribution is 9.10. The highest BCUT2D eigenvalue weighted by Crippen LogP contribution is 2.21. The molecule has 0 spiro atoms. The summed E-state index contributed by atoms with van der Waals surface area (Å²) in [6, 6.07) is 5.89. The van der Waals surface area contributed by atoms with E-state index in [9.17, 15) is 0 Å². The number of benzene rings is 1. The van der Waals surface area contributed by atoms with Crippen molar-refractivity contribution >= 4 is 27.5 Å². The van der Waals surface area contributed by atoms with Crippen LogP contribution in [0.4, 0.5) is 0 Å². The van der Waals surface area contributed by atoms with Crippen LogP contribution in [0.3, 0.4) is 0 Å². The van der Waals surface area contributed by atoms with Gasteiger partial charge in [0.1, 0.15) is 0 Å². The molecule has 2 aromatic rings. The minimum Gasteiger partial charge on any atom is -0.308 e. The Morgan fingerprint density at radius 3 is 2.94 bits per heavy atom. The summed E-state index contributed by atoms with van der Waals surface area (Å²) in [5, 5.41) is 10.7. The number of H-pyrrole nitrogens is 1. The van der Waals surface area contributed by atoms with Gasteiger partial charge in [-0.1, -0.05) is 33.6 Å². The Balaban J connectivity index is 1.90. The highest BCUT2D eigenvalue weighted by atomic mass is 79.9. The molecule has 0 atom stereocenters. The van der Waals surface area contributed by atoms with E-state index >= 15 is 0 Å². The largest absolute Gasteiger partial charge is 0.308 e. The standard InChI is InChI=1S/C11H11BrClN3/c12-10-2-1-9(11(13)3-10)7-14-4-8-5-15-16-6-8/h1-3,5-6,14H,4,7H2,(H,15,16). The van der Waals surface area contributed by atoms with Crippen LogP contribution >= 0.6 is 27.5 Å². The summed E-state index contributed by atoms with van der Waals surface area (Å²) < 4.78 is 0.996. The summed E-state index contributed by atoms with van der Waals surface area (Å²) in [6.07, 6.45) is 3.67. The lowest BCUT2D eigenvalue weighted by molar-refractivity contribution is 0.694. The number of halogens is 2. The molecular weight excluding hydrogens is 289 g/mol. The summed E-state index contributed by atoms with van der Waals surface area (Å²) in [7, 11) is 0. The Kier molecular flexibility index (Phi) is 3.98. The maximum Gasteiger partial charge on any atom is 0.0532 e. The average Bonchev–Trinajstić information content (AvgIpc) is 2.74. The molecule has 0 unspecified atom stereocenters. The fourth-order valence-electron chi connectivity index (χ4n) is 1.38. The maximum atomic E-state index is 6.10. The van der Waals surface area contributed by atoms with Crippen LogP contribution in [0.2, 0.25) is 5.02 Å². The lowest BCUT2D eigenvalue weighted by Gasteiger charge is -2.05. The van der Waals surface area contributed by atoms with Crippen LogP contribution in [0.5, 0.6) is 0 Å². The Bertz CT molecular complexity index is 456. The summed E-state index contributed by atoms with van der Waals surface area (Å²) in [4.78, 5) is 0. The molecule has 84 valence electrons. The molecule has 0 fully saturated rings. The van der Waals surface area contributed by atoms with Crippen molar-refractivity contribution < 1.29 is 0 Å². The second kappa shape index (κ2) is 5.48. The zero-order chi connectivity index (χ0) is 11.4. The highest BCUT2D eigenvalue weighted by Gasteiger charge is 2.00. The van der Waals surface area contributed by atoms with Crippen LogP contribution in [-0.4, -0.2) is 10.2 Å². The molecule has 1 heterocycles. The molecule has 0 amide bonds. The summed E-state index contributed by atoms with van der Waals surface area (Å²) in [5.41, 5.74) is 2.22. The predicted molar refractivity (Wildman–Crippen MR) is 68.3 cm³/mol. The lowest BCUT2D eigenvalue weighted by Crippen LogP contribution is -2.12. The average molecular weight is 301 g/mol. The molecule has 2 rings (SSSR count). The topological polar surface area (TPSA) is 40.7 Å². The summed E-state index contributed by atoms with van der Waals surface area (Å²) in [5.74, 6) is 0. The Labute approximate surface area is 107 Å². The first-order valence-electron chi connectivity index (χ1n) is 4.88. The smallest absolute Gasteiger partial charge is 0.0532 e. The monoisotopic (exact) mass is 299 g/mol. The molecule has 2 N–H and O–H groups in total. The molecule has 5 heteroatoms. The van der Waals surface area contributed by atoms with Gasteiger partial charge in [0.05, 0.1) is 6.20 Å². The van der Waals surface area contributed by atoms with E-state index in [4.69, 9.17) is 11.6 Å². The number of aromatic amines is 1. The van der Waals surface area contributed by atoms with Crippen LogP contribution in [0.25, 0.3) is 0 Å². The van der Waals surface area contributed by atoms with Gasteiger partial charge in [-0.25, -0.2) is 0 Å². The minimum atomic E-state index is 0.747. The van der Waals surface area contributed by atoms with Crippen molar-refractivity contribution in [3.05, 3.63) is 51.2 Å². The molecule has 0 saturated carbocycles. The SMILES string of the molecule is Clc1cc(Br)ccc1CNCc1cn[nH]c1. The van der Waals surface area contributed by atoms with Crippen molar-refractivity contribution in [2.75, 3.05) is 0 Å².